The van der Waals surface area contributed by atoms with Gasteiger partial charge in [0.05, 0.1) is 10.9 Å². The molecular formula is C11H11Cl2NO3. The van der Waals surface area contributed by atoms with Crippen LogP contribution in [0.4, 0.5) is 10.5 Å². The number of hydrogen-bond acceptors (Lipinski definition) is 3. The van der Waals surface area contributed by atoms with Crippen LogP contribution in [0.3, 0.4) is 0 Å². The number of carbonyl (C=O) groups excluding carboxylic acids is 2. The van der Waals surface area contributed by atoms with Gasteiger partial charge < -0.3 is 4.74 Å². The fraction of sp³-hybridized carbons (Fsp3) is 0.273. The third-order valence-electron chi connectivity index (χ3n) is 1.91. The fourth-order valence-electron chi connectivity index (χ4n) is 1.16. The molecule has 4 nitrogen and oxygen atoms in total. The van der Waals surface area contributed by atoms with Crippen LogP contribution in [0.1, 0.15) is 17.3 Å². The predicted octanol–water partition coefficient (Wildman–Crippen LogP) is 3.33. The minimum Gasteiger partial charge on any atom is -0.448 e. The summed E-state index contributed by atoms with van der Waals surface area (Å²) >= 11 is 11.2. The minimum absolute atomic E-state index is 0.132. The molecule has 92 valence electrons. The topological polar surface area (TPSA) is 55.4 Å². The largest absolute Gasteiger partial charge is 0.448 e. The first kappa shape index (κ1) is 13.8. The van der Waals surface area contributed by atoms with Gasteiger partial charge in [-0.05, 0) is 25.1 Å². The molecule has 0 aliphatic heterocycles. The van der Waals surface area contributed by atoms with Gasteiger partial charge in [-0.25, -0.2) is 4.79 Å². The number of hydrogen-bond donors (Lipinski definition) is 1. The molecule has 1 rings (SSSR count). The van der Waals surface area contributed by atoms with Crippen LogP contribution < -0.4 is 5.32 Å². The van der Waals surface area contributed by atoms with Crippen LogP contribution in [-0.4, -0.2) is 24.4 Å². The zero-order valence-corrected chi connectivity index (χ0v) is 10.6. The highest BCUT2D eigenvalue weighted by Gasteiger charge is 2.08. The van der Waals surface area contributed by atoms with Crippen molar-refractivity contribution in [2.24, 2.45) is 0 Å². The van der Waals surface area contributed by atoms with Gasteiger partial charge in [-0.3, -0.25) is 10.1 Å². The maximum absolute atomic E-state index is 11.2. The van der Waals surface area contributed by atoms with Gasteiger partial charge in [0, 0.05) is 11.3 Å². The molecule has 0 aromatic heterocycles. The molecule has 17 heavy (non-hydrogen) atoms. The molecule has 0 fully saturated rings. The van der Waals surface area contributed by atoms with E-state index in [0.717, 1.165) is 0 Å². The number of alkyl halides is 1. The molecule has 1 amide bonds. The molecule has 1 aromatic rings. The highest BCUT2D eigenvalue weighted by Crippen LogP contribution is 2.21. The summed E-state index contributed by atoms with van der Waals surface area (Å²) in [5, 5.41) is 2.75. The quantitative estimate of drug-likeness (QED) is 0.677. The Morgan fingerprint density at radius 1 is 1.41 bits per heavy atom. The van der Waals surface area contributed by atoms with Crippen LogP contribution in [0.5, 0.6) is 0 Å². The highest BCUT2D eigenvalue weighted by molar-refractivity contribution is 6.34. The summed E-state index contributed by atoms with van der Waals surface area (Å²) in [5.74, 6) is 0.100. The van der Waals surface area contributed by atoms with E-state index in [9.17, 15) is 9.59 Å². The van der Waals surface area contributed by atoms with Gasteiger partial charge in [-0.2, -0.15) is 0 Å². The standard InChI is InChI=1S/C11H11Cl2NO3/c1-7(15)9-3-2-8(6-10(9)13)14-11(16)17-5-4-12/h2-3,6H,4-5H2,1H3,(H,14,16). The van der Waals surface area contributed by atoms with Gasteiger partial charge >= 0.3 is 6.09 Å². The van der Waals surface area contributed by atoms with Gasteiger partial charge in [0.25, 0.3) is 0 Å². The van der Waals surface area contributed by atoms with E-state index in [0.29, 0.717) is 11.3 Å². The smallest absolute Gasteiger partial charge is 0.411 e. The molecule has 0 unspecified atom stereocenters. The molecule has 0 bridgehead atoms. The first-order chi connectivity index (χ1) is 8.04. The lowest BCUT2D eigenvalue weighted by atomic mass is 10.1. The second-order valence-electron chi connectivity index (χ2n) is 3.20. The second-order valence-corrected chi connectivity index (χ2v) is 3.99. The van der Waals surface area contributed by atoms with Crippen molar-refractivity contribution in [3.05, 3.63) is 28.8 Å². The normalized spacial score (nSPS) is 9.82. The van der Waals surface area contributed by atoms with Crippen LogP contribution >= 0.6 is 23.2 Å². The fourth-order valence-corrected chi connectivity index (χ4v) is 1.55. The highest BCUT2D eigenvalue weighted by atomic mass is 35.5. The number of anilines is 1. The molecule has 0 aliphatic rings. The van der Waals surface area contributed by atoms with Crippen LogP contribution in [0.25, 0.3) is 0 Å². The summed E-state index contributed by atoms with van der Waals surface area (Å²) in [6, 6.07) is 4.60. The summed E-state index contributed by atoms with van der Waals surface area (Å²) < 4.78 is 4.72. The molecule has 0 saturated heterocycles. The lowest BCUT2D eigenvalue weighted by Gasteiger charge is -2.07. The van der Waals surface area contributed by atoms with Crippen molar-refractivity contribution in [1.29, 1.82) is 0 Å². The molecule has 0 radical (unpaired) electrons. The number of rotatable bonds is 4. The number of halogens is 2. The first-order valence-corrected chi connectivity index (χ1v) is 5.76. The van der Waals surface area contributed by atoms with Crippen molar-refractivity contribution >= 4 is 40.8 Å². The van der Waals surface area contributed by atoms with E-state index in [1.165, 1.54) is 13.0 Å². The van der Waals surface area contributed by atoms with Crippen molar-refractivity contribution < 1.29 is 14.3 Å². The van der Waals surface area contributed by atoms with Crippen LogP contribution in [0, 0.1) is 0 Å². The van der Waals surface area contributed by atoms with Crippen LogP contribution in [0.15, 0.2) is 18.2 Å². The number of ether oxygens (including phenoxy) is 1. The Hall–Kier alpha value is -1.26. The van der Waals surface area contributed by atoms with E-state index in [2.05, 4.69) is 5.32 Å². The number of Topliss-reactive ketones (excluding diaryl/α,β-unsaturated/α-hetero) is 1. The average Bonchev–Trinajstić information content (AvgIpc) is 2.26. The van der Waals surface area contributed by atoms with E-state index in [1.54, 1.807) is 12.1 Å². The number of amides is 1. The van der Waals surface area contributed by atoms with Gasteiger partial charge in [-0.1, -0.05) is 11.6 Å². The maximum atomic E-state index is 11.2. The number of nitrogens with one attached hydrogen (secondary N) is 1. The van der Waals surface area contributed by atoms with Crippen molar-refractivity contribution in [3.8, 4) is 0 Å². The van der Waals surface area contributed by atoms with Gasteiger partial charge in [0.2, 0.25) is 0 Å². The molecule has 1 aromatic carbocycles. The summed E-state index contributed by atoms with van der Waals surface area (Å²) in [6.07, 6.45) is -0.614. The van der Waals surface area contributed by atoms with Gasteiger partial charge in [-0.15, -0.1) is 11.6 Å². The van der Waals surface area contributed by atoms with Crippen molar-refractivity contribution in [3.63, 3.8) is 0 Å². The third kappa shape index (κ3) is 4.24. The lowest BCUT2D eigenvalue weighted by molar-refractivity contribution is 0.101. The Labute approximate surface area is 109 Å². The molecular weight excluding hydrogens is 265 g/mol. The number of carbonyl (C=O) groups is 2. The molecule has 0 spiro atoms. The van der Waals surface area contributed by atoms with E-state index >= 15 is 0 Å². The summed E-state index contributed by atoms with van der Waals surface area (Å²) in [7, 11) is 0. The van der Waals surface area contributed by atoms with Gasteiger partial charge in [0.1, 0.15) is 6.61 Å². The summed E-state index contributed by atoms with van der Waals surface area (Å²) in [4.78, 5) is 22.3. The van der Waals surface area contributed by atoms with Crippen LogP contribution in [-0.2, 0) is 4.74 Å². The Morgan fingerprint density at radius 2 is 2.12 bits per heavy atom. The number of ketones is 1. The van der Waals surface area contributed by atoms with E-state index in [4.69, 9.17) is 27.9 Å². The maximum Gasteiger partial charge on any atom is 0.411 e. The first-order valence-electron chi connectivity index (χ1n) is 4.85. The van der Waals surface area contributed by atoms with Crippen molar-refractivity contribution in [2.75, 3.05) is 17.8 Å². The average molecular weight is 276 g/mol. The minimum atomic E-state index is -0.614. The molecule has 0 aliphatic carbocycles. The van der Waals surface area contributed by atoms with Crippen LogP contribution in [0.2, 0.25) is 5.02 Å². The van der Waals surface area contributed by atoms with Crippen molar-refractivity contribution in [2.45, 2.75) is 6.92 Å². The molecule has 0 saturated carbocycles. The Kier molecular flexibility index (Phi) is 5.25. The molecule has 0 atom stereocenters. The SMILES string of the molecule is CC(=O)c1ccc(NC(=O)OCCCl)cc1Cl. The Morgan fingerprint density at radius 3 is 2.65 bits per heavy atom. The zero-order valence-electron chi connectivity index (χ0n) is 9.13. The predicted molar refractivity (Wildman–Crippen MR) is 67.1 cm³/mol. The molecule has 0 heterocycles. The monoisotopic (exact) mass is 275 g/mol. The Bertz CT molecular complexity index is 435. The molecule has 6 heteroatoms. The summed E-state index contributed by atoms with van der Waals surface area (Å²) in [5.41, 5.74) is 0.867. The number of benzene rings is 1. The second kappa shape index (κ2) is 6.47. The Balaban J connectivity index is 2.70. The third-order valence-corrected chi connectivity index (χ3v) is 2.37. The van der Waals surface area contributed by atoms with E-state index < -0.39 is 6.09 Å². The lowest BCUT2D eigenvalue weighted by Crippen LogP contribution is -2.15. The van der Waals surface area contributed by atoms with Gasteiger partial charge in [0.15, 0.2) is 5.78 Å². The summed E-state index contributed by atoms with van der Waals surface area (Å²) in [6.45, 7) is 1.55. The zero-order chi connectivity index (χ0) is 12.8. The molecule has 1 N–H and O–H groups in total. The van der Waals surface area contributed by atoms with Crippen molar-refractivity contribution in [1.82, 2.24) is 0 Å². The van der Waals surface area contributed by atoms with E-state index in [1.807, 2.05) is 0 Å². The van der Waals surface area contributed by atoms with E-state index in [-0.39, 0.29) is 23.3 Å².